The Labute approximate surface area is 105 Å². The molecule has 0 aliphatic heterocycles. The van der Waals surface area contributed by atoms with Crippen LogP contribution in [0.4, 0.5) is 0 Å². The van der Waals surface area contributed by atoms with E-state index in [0.717, 1.165) is 5.56 Å². The molecule has 0 amide bonds. The minimum absolute atomic E-state index is 0.150. The molecule has 1 aromatic carbocycles. The Kier molecular flexibility index (Phi) is 5.70. The number of carboxylic acid groups (broad SMARTS) is 1. The first kappa shape index (κ1) is 13.5. The number of nitriles is 1. The number of oxime groups is 1. The second-order valence-electron chi connectivity index (χ2n) is 3.29. The summed E-state index contributed by atoms with van der Waals surface area (Å²) in [5.74, 6) is -1.25. The van der Waals surface area contributed by atoms with Crippen LogP contribution in [0.2, 0.25) is 0 Å². The van der Waals surface area contributed by atoms with Gasteiger partial charge < -0.3 is 9.94 Å². The number of benzene rings is 1. The minimum atomic E-state index is -1.25. The van der Waals surface area contributed by atoms with Crippen LogP contribution in [0.15, 0.2) is 41.6 Å². The standard InChI is InChI=1S/C13H12N2O3/c14-9-8-12(13(16)17)15-18-10-4-7-11-5-2-1-3-6-11/h1-7H,8,10H2,(H,16,17). The summed E-state index contributed by atoms with van der Waals surface area (Å²) in [6.07, 6.45) is 3.27. The SMILES string of the molecule is N#CCC(=NOCC=Cc1ccccc1)C(=O)O. The highest BCUT2D eigenvalue weighted by Crippen LogP contribution is 2.00. The van der Waals surface area contributed by atoms with Crippen molar-refractivity contribution in [2.45, 2.75) is 6.42 Å². The molecule has 0 saturated carbocycles. The molecule has 5 heteroatoms. The average molecular weight is 244 g/mol. The maximum absolute atomic E-state index is 10.6. The van der Waals surface area contributed by atoms with Gasteiger partial charge in [-0.3, -0.25) is 0 Å². The predicted octanol–water partition coefficient (Wildman–Crippen LogP) is 2.07. The summed E-state index contributed by atoms with van der Waals surface area (Å²) in [5, 5.41) is 20.4. The number of aliphatic carboxylic acids is 1. The Morgan fingerprint density at radius 2 is 2.17 bits per heavy atom. The lowest BCUT2D eigenvalue weighted by Gasteiger charge is -1.96. The Hall–Kier alpha value is -2.61. The molecule has 0 fully saturated rings. The zero-order chi connectivity index (χ0) is 13.2. The lowest BCUT2D eigenvalue weighted by molar-refractivity contribution is -0.129. The summed E-state index contributed by atoms with van der Waals surface area (Å²) in [7, 11) is 0. The molecular weight excluding hydrogens is 232 g/mol. The van der Waals surface area contributed by atoms with Gasteiger partial charge in [-0.25, -0.2) is 4.79 Å². The second-order valence-corrected chi connectivity index (χ2v) is 3.29. The topological polar surface area (TPSA) is 82.7 Å². The largest absolute Gasteiger partial charge is 0.477 e. The lowest BCUT2D eigenvalue weighted by atomic mass is 10.2. The third-order valence-corrected chi connectivity index (χ3v) is 1.95. The summed E-state index contributed by atoms with van der Waals surface area (Å²) in [6, 6.07) is 11.3. The first-order chi connectivity index (χ1) is 8.74. The van der Waals surface area contributed by atoms with E-state index in [9.17, 15) is 4.79 Å². The number of carbonyl (C=O) groups is 1. The van der Waals surface area contributed by atoms with Crippen molar-refractivity contribution < 1.29 is 14.7 Å². The fraction of sp³-hybridized carbons (Fsp3) is 0.154. The van der Waals surface area contributed by atoms with Gasteiger partial charge >= 0.3 is 5.97 Å². The summed E-state index contributed by atoms with van der Waals surface area (Å²) < 4.78 is 0. The van der Waals surface area contributed by atoms with Gasteiger partial charge in [0, 0.05) is 0 Å². The molecule has 0 aliphatic carbocycles. The number of carboxylic acids is 1. The smallest absolute Gasteiger partial charge is 0.354 e. The Morgan fingerprint density at radius 1 is 1.44 bits per heavy atom. The maximum atomic E-state index is 10.6. The number of rotatable bonds is 6. The van der Waals surface area contributed by atoms with Crippen LogP contribution in [0.3, 0.4) is 0 Å². The molecule has 0 heterocycles. The number of nitrogens with zero attached hydrogens (tertiary/aromatic N) is 2. The van der Waals surface area contributed by atoms with Gasteiger partial charge in [0.05, 0.1) is 12.5 Å². The van der Waals surface area contributed by atoms with Crippen molar-refractivity contribution in [1.29, 1.82) is 5.26 Å². The molecule has 92 valence electrons. The highest BCUT2D eigenvalue weighted by atomic mass is 16.6. The molecule has 0 aliphatic rings. The van der Waals surface area contributed by atoms with Crippen LogP contribution in [0.1, 0.15) is 12.0 Å². The van der Waals surface area contributed by atoms with Crippen molar-refractivity contribution in [3.8, 4) is 6.07 Å². The number of hydrogen-bond acceptors (Lipinski definition) is 4. The predicted molar refractivity (Wildman–Crippen MR) is 66.7 cm³/mol. The maximum Gasteiger partial charge on any atom is 0.354 e. The summed E-state index contributed by atoms with van der Waals surface area (Å²) in [5.41, 5.74) is 0.714. The van der Waals surface area contributed by atoms with E-state index >= 15 is 0 Å². The van der Waals surface area contributed by atoms with Gasteiger partial charge in [-0.2, -0.15) is 5.26 Å². The molecule has 0 radical (unpaired) electrons. The summed E-state index contributed by atoms with van der Waals surface area (Å²) >= 11 is 0. The van der Waals surface area contributed by atoms with Crippen molar-refractivity contribution in [3.63, 3.8) is 0 Å². The molecule has 0 saturated heterocycles. The third-order valence-electron chi connectivity index (χ3n) is 1.95. The van der Waals surface area contributed by atoms with Crippen LogP contribution in [-0.4, -0.2) is 23.4 Å². The molecule has 0 unspecified atom stereocenters. The van der Waals surface area contributed by atoms with E-state index in [2.05, 4.69) is 5.16 Å². The zero-order valence-corrected chi connectivity index (χ0v) is 9.61. The Morgan fingerprint density at radius 3 is 2.78 bits per heavy atom. The highest BCUT2D eigenvalue weighted by molar-refractivity contribution is 6.35. The van der Waals surface area contributed by atoms with E-state index in [4.69, 9.17) is 15.2 Å². The van der Waals surface area contributed by atoms with Gasteiger partial charge in [-0.1, -0.05) is 41.6 Å². The fourth-order valence-corrected chi connectivity index (χ4v) is 1.13. The van der Waals surface area contributed by atoms with Gasteiger partial charge in [0.2, 0.25) is 0 Å². The van der Waals surface area contributed by atoms with Gasteiger partial charge in [0.1, 0.15) is 6.61 Å². The van der Waals surface area contributed by atoms with Crippen LogP contribution in [0, 0.1) is 11.3 Å². The zero-order valence-electron chi connectivity index (χ0n) is 9.61. The summed E-state index contributed by atoms with van der Waals surface area (Å²) in [6.45, 7) is 0.150. The molecule has 0 atom stereocenters. The van der Waals surface area contributed by atoms with Crippen LogP contribution in [-0.2, 0) is 9.63 Å². The normalized spacial score (nSPS) is 11.2. The lowest BCUT2D eigenvalue weighted by Crippen LogP contribution is -2.12. The van der Waals surface area contributed by atoms with Crippen molar-refractivity contribution in [3.05, 3.63) is 42.0 Å². The van der Waals surface area contributed by atoms with E-state index in [1.807, 2.05) is 36.4 Å². The van der Waals surface area contributed by atoms with E-state index < -0.39 is 5.97 Å². The molecule has 18 heavy (non-hydrogen) atoms. The van der Waals surface area contributed by atoms with Gasteiger partial charge in [-0.05, 0) is 11.6 Å². The second kappa shape index (κ2) is 7.63. The van der Waals surface area contributed by atoms with E-state index in [1.165, 1.54) is 0 Å². The monoisotopic (exact) mass is 244 g/mol. The Bertz CT molecular complexity index is 487. The molecule has 1 rings (SSSR count). The van der Waals surface area contributed by atoms with Crippen molar-refractivity contribution in [1.82, 2.24) is 0 Å². The van der Waals surface area contributed by atoms with E-state index in [0.29, 0.717) is 0 Å². The third kappa shape index (κ3) is 4.94. The fourth-order valence-electron chi connectivity index (χ4n) is 1.13. The number of hydrogen-bond donors (Lipinski definition) is 1. The highest BCUT2D eigenvalue weighted by Gasteiger charge is 2.08. The molecule has 5 nitrogen and oxygen atoms in total. The van der Waals surface area contributed by atoms with Crippen molar-refractivity contribution in [2.75, 3.05) is 6.61 Å². The van der Waals surface area contributed by atoms with Crippen LogP contribution in [0.25, 0.3) is 6.08 Å². The van der Waals surface area contributed by atoms with Crippen molar-refractivity contribution in [2.24, 2.45) is 5.16 Å². The van der Waals surface area contributed by atoms with E-state index in [1.54, 1.807) is 12.1 Å². The minimum Gasteiger partial charge on any atom is -0.477 e. The average Bonchev–Trinajstić information content (AvgIpc) is 2.38. The Balaban J connectivity index is 2.42. The van der Waals surface area contributed by atoms with Crippen molar-refractivity contribution >= 4 is 17.8 Å². The first-order valence-corrected chi connectivity index (χ1v) is 5.24. The summed E-state index contributed by atoms with van der Waals surface area (Å²) in [4.78, 5) is 15.4. The molecule has 1 N–H and O–H groups in total. The van der Waals surface area contributed by atoms with E-state index in [-0.39, 0.29) is 18.7 Å². The van der Waals surface area contributed by atoms with Gasteiger partial charge in [0.15, 0.2) is 5.71 Å². The molecular formula is C13H12N2O3. The molecule has 0 spiro atoms. The van der Waals surface area contributed by atoms with Gasteiger partial charge in [0.25, 0.3) is 0 Å². The van der Waals surface area contributed by atoms with Crippen LogP contribution >= 0.6 is 0 Å². The first-order valence-electron chi connectivity index (χ1n) is 5.24. The van der Waals surface area contributed by atoms with Crippen LogP contribution < -0.4 is 0 Å². The molecule has 0 aromatic heterocycles. The van der Waals surface area contributed by atoms with Crippen LogP contribution in [0.5, 0.6) is 0 Å². The quantitative estimate of drug-likeness (QED) is 0.471. The van der Waals surface area contributed by atoms with Gasteiger partial charge in [-0.15, -0.1) is 0 Å². The molecule has 0 bridgehead atoms. The molecule has 1 aromatic rings.